The van der Waals surface area contributed by atoms with Crippen molar-refractivity contribution in [3.05, 3.63) is 35.9 Å². The van der Waals surface area contributed by atoms with Gasteiger partial charge in [0, 0.05) is 19.7 Å². The minimum Gasteiger partial charge on any atom is -0.469 e. The minimum atomic E-state index is -0.245. The molecule has 2 rings (SSSR count). The van der Waals surface area contributed by atoms with Gasteiger partial charge in [0.15, 0.2) is 0 Å². The normalized spacial score (nSPS) is 20.4. The van der Waals surface area contributed by atoms with Crippen molar-refractivity contribution in [2.24, 2.45) is 5.92 Å². The molecule has 1 heterocycles. The summed E-state index contributed by atoms with van der Waals surface area (Å²) >= 11 is 0. The molecular weight excluding hydrogens is 254 g/mol. The summed E-state index contributed by atoms with van der Waals surface area (Å²) in [7, 11) is 1.44. The van der Waals surface area contributed by atoms with Crippen LogP contribution in [-0.2, 0) is 14.3 Å². The second kappa shape index (κ2) is 8.02. The summed E-state index contributed by atoms with van der Waals surface area (Å²) in [5.74, 6) is 0.118. The first-order valence-electron chi connectivity index (χ1n) is 7.22. The van der Waals surface area contributed by atoms with Gasteiger partial charge in [-0.15, -0.1) is 0 Å². The van der Waals surface area contributed by atoms with Gasteiger partial charge >= 0.3 is 5.97 Å². The number of nitrogens with one attached hydrogen (secondary N) is 1. The van der Waals surface area contributed by atoms with E-state index in [0.717, 1.165) is 31.7 Å². The number of methoxy groups -OCH3 is 1. The van der Waals surface area contributed by atoms with Gasteiger partial charge in [0.25, 0.3) is 0 Å². The first-order chi connectivity index (χ1) is 9.81. The monoisotopic (exact) mass is 277 g/mol. The van der Waals surface area contributed by atoms with Crippen molar-refractivity contribution < 1.29 is 14.3 Å². The maximum atomic E-state index is 11.9. The standard InChI is InChI=1S/C16H23NO3/c1-19-16(18)15(14-7-3-2-4-8-14)11-17-10-13-6-5-9-20-12-13/h2-4,7-8,13,15,17H,5-6,9-12H2,1H3. The van der Waals surface area contributed by atoms with E-state index in [1.165, 1.54) is 13.5 Å². The molecule has 0 spiro atoms. The van der Waals surface area contributed by atoms with Gasteiger partial charge in [-0.3, -0.25) is 4.79 Å². The Bertz CT molecular complexity index is 401. The molecule has 0 aromatic heterocycles. The first-order valence-corrected chi connectivity index (χ1v) is 7.22. The Kier molecular flexibility index (Phi) is 6.02. The third-order valence-electron chi connectivity index (χ3n) is 3.72. The van der Waals surface area contributed by atoms with Crippen LogP contribution in [0.1, 0.15) is 24.3 Å². The Labute approximate surface area is 120 Å². The van der Waals surface area contributed by atoms with Crippen molar-refractivity contribution in [3.63, 3.8) is 0 Å². The number of benzene rings is 1. The van der Waals surface area contributed by atoms with Gasteiger partial charge in [0.1, 0.15) is 0 Å². The molecule has 0 aliphatic carbocycles. The second-order valence-electron chi connectivity index (χ2n) is 5.23. The number of carbonyl (C=O) groups excluding carboxylic acids is 1. The molecule has 0 amide bonds. The Morgan fingerprint density at radius 3 is 2.90 bits per heavy atom. The smallest absolute Gasteiger partial charge is 0.314 e. The third kappa shape index (κ3) is 4.32. The van der Waals surface area contributed by atoms with Crippen LogP contribution in [0.3, 0.4) is 0 Å². The van der Waals surface area contributed by atoms with Crippen molar-refractivity contribution in [1.82, 2.24) is 5.32 Å². The molecule has 1 aromatic carbocycles. The fraction of sp³-hybridized carbons (Fsp3) is 0.562. The fourth-order valence-corrected chi connectivity index (χ4v) is 2.57. The average molecular weight is 277 g/mol. The van der Waals surface area contributed by atoms with Crippen molar-refractivity contribution in [2.45, 2.75) is 18.8 Å². The molecule has 20 heavy (non-hydrogen) atoms. The van der Waals surface area contributed by atoms with Gasteiger partial charge in [-0.25, -0.2) is 0 Å². The molecule has 110 valence electrons. The van der Waals surface area contributed by atoms with E-state index in [1.54, 1.807) is 0 Å². The summed E-state index contributed by atoms with van der Waals surface area (Å²) in [5, 5.41) is 3.39. The maximum Gasteiger partial charge on any atom is 0.314 e. The molecule has 2 unspecified atom stereocenters. The van der Waals surface area contributed by atoms with Gasteiger partial charge in [0.05, 0.1) is 19.6 Å². The van der Waals surface area contributed by atoms with E-state index in [1.807, 2.05) is 30.3 Å². The van der Waals surface area contributed by atoms with E-state index in [0.29, 0.717) is 12.5 Å². The Morgan fingerprint density at radius 1 is 1.45 bits per heavy atom. The highest BCUT2D eigenvalue weighted by Gasteiger charge is 2.21. The molecule has 0 saturated carbocycles. The zero-order chi connectivity index (χ0) is 14.2. The Morgan fingerprint density at radius 2 is 2.25 bits per heavy atom. The SMILES string of the molecule is COC(=O)C(CNCC1CCCOC1)c1ccccc1. The van der Waals surface area contributed by atoms with Crippen molar-refractivity contribution in [1.29, 1.82) is 0 Å². The van der Waals surface area contributed by atoms with Crippen molar-refractivity contribution >= 4 is 5.97 Å². The molecule has 1 aliphatic heterocycles. The summed E-state index contributed by atoms with van der Waals surface area (Å²) < 4.78 is 10.4. The zero-order valence-electron chi connectivity index (χ0n) is 12.0. The number of ether oxygens (including phenoxy) is 2. The first kappa shape index (κ1) is 15.0. The predicted octanol–water partition coefficient (Wildman–Crippen LogP) is 1.96. The molecular formula is C16H23NO3. The topological polar surface area (TPSA) is 47.6 Å². The van der Waals surface area contributed by atoms with Crippen LogP contribution in [0.5, 0.6) is 0 Å². The van der Waals surface area contributed by atoms with Gasteiger partial charge < -0.3 is 14.8 Å². The van der Waals surface area contributed by atoms with Gasteiger partial charge in [-0.05, 0) is 24.3 Å². The zero-order valence-corrected chi connectivity index (χ0v) is 12.0. The number of hydrogen-bond acceptors (Lipinski definition) is 4. The van der Waals surface area contributed by atoms with Gasteiger partial charge in [-0.2, -0.15) is 0 Å². The molecule has 4 heteroatoms. The molecule has 4 nitrogen and oxygen atoms in total. The summed E-state index contributed by atoms with van der Waals surface area (Å²) in [5.41, 5.74) is 0.992. The molecule has 0 radical (unpaired) electrons. The molecule has 1 N–H and O–H groups in total. The number of rotatable bonds is 6. The molecule has 1 aliphatic rings. The van der Waals surface area contributed by atoms with Crippen LogP contribution in [0.2, 0.25) is 0 Å². The van der Waals surface area contributed by atoms with Crippen LogP contribution in [0.4, 0.5) is 0 Å². The molecule has 1 saturated heterocycles. The van der Waals surface area contributed by atoms with Crippen LogP contribution >= 0.6 is 0 Å². The van der Waals surface area contributed by atoms with Crippen molar-refractivity contribution in [3.8, 4) is 0 Å². The number of carbonyl (C=O) groups is 1. The summed E-state index contributed by atoms with van der Waals surface area (Å²) in [6.07, 6.45) is 2.33. The number of hydrogen-bond donors (Lipinski definition) is 1. The highest BCUT2D eigenvalue weighted by molar-refractivity contribution is 5.78. The van der Waals surface area contributed by atoms with E-state index in [-0.39, 0.29) is 11.9 Å². The second-order valence-corrected chi connectivity index (χ2v) is 5.23. The van der Waals surface area contributed by atoms with Gasteiger partial charge in [-0.1, -0.05) is 30.3 Å². The quantitative estimate of drug-likeness (QED) is 0.808. The largest absolute Gasteiger partial charge is 0.469 e. The Balaban J connectivity index is 1.86. The minimum absolute atomic E-state index is 0.191. The lowest BCUT2D eigenvalue weighted by atomic mass is 9.98. The average Bonchev–Trinajstić information content (AvgIpc) is 2.53. The predicted molar refractivity (Wildman–Crippen MR) is 77.6 cm³/mol. The molecule has 2 atom stereocenters. The van der Waals surface area contributed by atoms with Crippen LogP contribution in [0.25, 0.3) is 0 Å². The van der Waals surface area contributed by atoms with Crippen LogP contribution in [0.15, 0.2) is 30.3 Å². The molecule has 1 fully saturated rings. The molecule has 1 aromatic rings. The lowest BCUT2D eigenvalue weighted by molar-refractivity contribution is -0.142. The lowest BCUT2D eigenvalue weighted by Crippen LogP contribution is -2.34. The van der Waals surface area contributed by atoms with E-state index in [4.69, 9.17) is 9.47 Å². The fourth-order valence-electron chi connectivity index (χ4n) is 2.57. The van der Waals surface area contributed by atoms with Crippen LogP contribution in [-0.4, -0.2) is 39.4 Å². The van der Waals surface area contributed by atoms with Crippen LogP contribution in [0, 0.1) is 5.92 Å². The number of esters is 1. The van der Waals surface area contributed by atoms with E-state index < -0.39 is 0 Å². The molecule has 0 bridgehead atoms. The van der Waals surface area contributed by atoms with Crippen LogP contribution < -0.4 is 5.32 Å². The van der Waals surface area contributed by atoms with Crippen molar-refractivity contribution in [2.75, 3.05) is 33.4 Å². The van der Waals surface area contributed by atoms with E-state index >= 15 is 0 Å². The lowest BCUT2D eigenvalue weighted by Gasteiger charge is -2.23. The summed E-state index contributed by atoms with van der Waals surface area (Å²) in [6.45, 7) is 3.19. The maximum absolute atomic E-state index is 11.9. The highest BCUT2D eigenvalue weighted by atomic mass is 16.5. The summed E-state index contributed by atoms with van der Waals surface area (Å²) in [4.78, 5) is 11.9. The highest BCUT2D eigenvalue weighted by Crippen LogP contribution is 2.17. The Hall–Kier alpha value is -1.39. The van der Waals surface area contributed by atoms with E-state index in [2.05, 4.69) is 5.32 Å². The van der Waals surface area contributed by atoms with E-state index in [9.17, 15) is 4.79 Å². The third-order valence-corrected chi connectivity index (χ3v) is 3.72. The van der Waals surface area contributed by atoms with Gasteiger partial charge in [0.2, 0.25) is 0 Å². The summed E-state index contributed by atoms with van der Waals surface area (Å²) in [6, 6.07) is 9.77.